The molecule has 2 heterocycles. The SMILES string of the molecule is O=c1cc(NCCCN2CCOCC2)c2ccccc2[nH]1. The highest BCUT2D eigenvalue weighted by atomic mass is 16.5. The molecule has 0 radical (unpaired) electrons. The lowest BCUT2D eigenvalue weighted by Gasteiger charge is -2.26. The molecular weight excluding hydrogens is 266 g/mol. The van der Waals surface area contributed by atoms with E-state index in [0.29, 0.717) is 0 Å². The van der Waals surface area contributed by atoms with E-state index in [9.17, 15) is 4.79 Å². The van der Waals surface area contributed by atoms with Gasteiger partial charge in [-0.3, -0.25) is 9.69 Å². The number of fused-ring (bicyclic) bond motifs is 1. The molecule has 112 valence electrons. The highest BCUT2D eigenvalue weighted by molar-refractivity contribution is 5.90. The number of hydrogen-bond donors (Lipinski definition) is 2. The summed E-state index contributed by atoms with van der Waals surface area (Å²) in [6, 6.07) is 9.50. The van der Waals surface area contributed by atoms with Gasteiger partial charge in [0.15, 0.2) is 0 Å². The Hall–Kier alpha value is -1.85. The first-order chi connectivity index (χ1) is 10.3. The average molecular weight is 287 g/mol. The first-order valence-electron chi connectivity index (χ1n) is 7.49. The fourth-order valence-corrected chi connectivity index (χ4v) is 2.70. The number of ether oxygens (including phenoxy) is 1. The topological polar surface area (TPSA) is 57.4 Å². The zero-order valence-corrected chi connectivity index (χ0v) is 12.1. The number of morpholine rings is 1. The van der Waals surface area contributed by atoms with Crippen molar-refractivity contribution in [2.75, 3.05) is 44.7 Å². The quantitative estimate of drug-likeness (QED) is 0.821. The molecule has 3 rings (SSSR count). The molecule has 1 aromatic heterocycles. The van der Waals surface area contributed by atoms with Crippen LogP contribution in [0, 0.1) is 0 Å². The third kappa shape index (κ3) is 3.62. The van der Waals surface area contributed by atoms with Gasteiger partial charge in [0.1, 0.15) is 0 Å². The zero-order valence-electron chi connectivity index (χ0n) is 12.1. The summed E-state index contributed by atoms with van der Waals surface area (Å²) in [6.07, 6.45) is 1.06. The number of hydrogen-bond acceptors (Lipinski definition) is 4. The van der Waals surface area contributed by atoms with Crippen LogP contribution in [0.2, 0.25) is 0 Å². The van der Waals surface area contributed by atoms with Crippen molar-refractivity contribution in [3.8, 4) is 0 Å². The minimum absolute atomic E-state index is 0.0654. The van der Waals surface area contributed by atoms with Gasteiger partial charge in [0, 0.05) is 36.8 Å². The van der Waals surface area contributed by atoms with Crippen LogP contribution >= 0.6 is 0 Å². The molecule has 1 fully saturated rings. The molecule has 0 saturated carbocycles. The second kappa shape index (κ2) is 6.74. The van der Waals surface area contributed by atoms with E-state index < -0.39 is 0 Å². The van der Waals surface area contributed by atoms with Crippen LogP contribution in [-0.4, -0.2) is 49.3 Å². The number of para-hydroxylation sites is 1. The van der Waals surface area contributed by atoms with Crippen LogP contribution in [-0.2, 0) is 4.74 Å². The third-order valence-electron chi connectivity index (χ3n) is 3.82. The molecule has 1 aliphatic rings. The van der Waals surface area contributed by atoms with Crippen LogP contribution in [0.15, 0.2) is 35.1 Å². The maximum absolute atomic E-state index is 11.7. The number of aromatic amines is 1. The normalized spacial score (nSPS) is 16.2. The number of H-pyrrole nitrogens is 1. The summed E-state index contributed by atoms with van der Waals surface area (Å²) >= 11 is 0. The van der Waals surface area contributed by atoms with Crippen molar-refractivity contribution < 1.29 is 4.74 Å². The van der Waals surface area contributed by atoms with Crippen molar-refractivity contribution in [2.24, 2.45) is 0 Å². The van der Waals surface area contributed by atoms with Crippen LogP contribution < -0.4 is 10.9 Å². The van der Waals surface area contributed by atoms with E-state index in [1.165, 1.54) is 0 Å². The Balaban J connectivity index is 1.58. The van der Waals surface area contributed by atoms with Gasteiger partial charge in [0.25, 0.3) is 0 Å². The highest BCUT2D eigenvalue weighted by Gasteiger charge is 2.09. The Labute approximate surface area is 123 Å². The molecule has 1 saturated heterocycles. The van der Waals surface area contributed by atoms with Gasteiger partial charge in [0.2, 0.25) is 5.56 Å². The molecule has 1 aliphatic heterocycles. The van der Waals surface area contributed by atoms with Gasteiger partial charge in [-0.15, -0.1) is 0 Å². The van der Waals surface area contributed by atoms with E-state index in [1.54, 1.807) is 6.07 Å². The van der Waals surface area contributed by atoms with Crippen molar-refractivity contribution in [2.45, 2.75) is 6.42 Å². The molecular formula is C16H21N3O2. The number of aromatic nitrogens is 1. The van der Waals surface area contributed by atoms with Crippen LogP contribution in [0.1, 0.15) is 6.42 Å². The second-order valence-corrected chi connectivity index (χ2v) is 5.33. The molecule has 0 amide bonds. The first kappa shape index (κ1) is 14.1. The lowest BCUT2D eigenvalue weighted by molar-refractivity contribution is 0.0378. The Morgan fingerprint density at radius 1 is 1.24 bits per heavy atom. The first-order valence-corrected chi connectivity index (χ1v) is 7.49. The van der Waals surface area contributed by atoms with Crippen molar-refractivity contribution in [3.05, 3.63) is 40.7 Å². The molecule has 0 unspecified atom stereocenters. The van der Waals surface area contributed by atoms with E-state index in [-0.39, 0.29) is 5.56 Å². The lowest BCUT2D eigenvalue weighted by Crippen LogP contribution is -2.37. The second-order valence-electron chi connectivity index (χ2n) is 5.33. The third-order valence-corrected chi connectivity index (χ3v) is 3.82. The van der Waals surface area contributed by atoms with Crippen molar-refractivity contribution in [3.63, 3.8) is 0 Å². The molecule has 2 N–H and O–H groups in total. The number of rotatable bonds is 5. The fraction of sp³-hybridized carbons (Fsp3) is 0.438. The summed E-state index contributed by atoms with van der Waals surface area (Å²) in [5.74, 6) is 0. The van der Waals surface area contributed by atoms with E-state index in [1.807, 2.05) is 24.3 Å². The van der Waals surface area contributed by atoms with Crippen molar-refractivity contribution >= 4 is 16.6 Å². The van der Waals surface area contributed by atoms with Gasteiger partial charge >= 0.3 is 0 Å². The Kier molecular flexibility index (Phi) is 4.52. The number of benzene rings is 1. The average Bonchev–Trinajstić information content (AvgIpc) is 2.52. The summed E-state index contributed by atoms with van der Waals surface area (Å²) < 4.78 is 5.34. The minimum atomic E-state index is -0.0654. The Morgan fingerprint density at radius 3 is 2.90 bits per heavy atom. The van der Waals surface area contributed by atoms with E-state index >= 15 is 0 Å². The molecule has 1 aromatic carbocycles. The van der Waals surface area contributed by atoms with E-state index in [0.717, 1.165) is 62.4 Å². The molecule has 5 heteroatoms. The maximum atomic E-state index is 11.7. The zero-order chi connectivity index (χ0) is 14.5. The summed E-state index contributed by atoms with van der Waals surface area (Å²) in [5.41, 5.74) is 1.72. The Morgan fingerprint density at radius 2 is 2.05 bits per heavy atom. The molecule has 21 heavy (non-hydrogen) atoms. The van der Waals surface area contributed by atoms with E-state index in [4.69, 9.17) is 4.74 Å². The summed E-state index contributed by atoms with van der Waals surface area (Å²) in [6.45, 7) is 5.66. The molecule has 0 atom stereocenters. The molecule has 0 aliphatic carbocycles. The Bertz CT molecular complexity index is 647. The fourth-order valence-electron chi connectivity index (χ4n) is 2.70. The predicted molar refractivity (Wildman–Crippen MR) is 84.9 cm³/mol. The summed E-state index contributed by atoms with van der Waals surface area (Å²) in [7, 11) is 0. The van der Waals surface area contributed by atoms with Crippen molar-refractivity contribution in [1.82, 2.24) is 9.88 Å². The van der Waals surface area contributed by atoms with Crippen LogP contribution in [0.3, 0.4) is 0 Å². The monoisotopic (exact) mass is 287 g/mol. The predicted octanol–water partition coefficient (Wildman–Crippen LogP) is 1.66. The van der Waals surface area contributed by atoms with Crippen LogP contribution in [0.5, 0.6) is 0 Å². The van der Waals surface area contributed by atoms with Crippen molar-refractivity contribution in [1.29, 1.82) is 0 Å². The largest absolute Gasteiger partial charge is 0.384 e. The summed E-state index contributed by atoms with van der Waals surface area (Å²) in [5, 5.41) is 4.45. The standard InChI is InChI=1S/C16H21N3O2/c20-16-12-15(13-4-1-2-5-14(13)18-16)17-6-3-7-19-8-10-21-11-9-19/h1-2,4-5,12H,3,6-11H2,(H2,17,18,20). The number of pyridine rings is 1. The lowest BCUT2D eigenvalue weighted by atomic mass is 10.2. The van der Waals surface area contributed by atoms with E-state index in [2.05, 4.69) is 15.2 Å². The maximum Gasteiger partial charge on any atom is 0.250 e. The number of anilines is 1. The van der Waals surface area contributed by atoms with Gasteiger partial charge in [-0.05, 0) is 19.0 Å². The van der Waals surface area contributed by atoms with Gasteiger partial charge < -0.3 is 15.0 Å². The van der Waals surface area contributed by atoms with Crippen LogP contribution in [0.25, 0.3) is 10.9 Å². The van der Waals surface area contributed by atoms with Gasteiger partial charge in [0.05, 0.1) is 18.7 Å². The molecule has 0 spiro atoms. The van der Waals surface area contributed by atoms with Gasteiger partial charge in [-0.1, -0.05) is 18.2 Å². The molecule has 2 aromatic rings. The number of nitrogens with zero attached hydrogens (tertiary/aromatic N) is 1. The molecule has 0 bridgehead atoms. The van der Waals surface area contributed by atoms with Gasteiger partial charge in [-0.25, -0.2) is 0 Å². The number of nitrogens with one attached hydrogen (secondary N) is 2. The molecule has 5 nitrogen and oxygen atoms in total. The summed E-state index contributed by atoms with van der Waals surface area (Å²) in [4.78, 5) is 16.9. The highest BCUT2D eigenvalue weighted by Crippen LogP contribution is 2.19. The smallest absolute Gasteiger partial charge is 0.250 e. The van der Waals surface area contributed by atoms with Gasteiger partial charge in [-0.2, -0.15) is 0 Å². The van der Waals surface area contributed by atoms with Crippen LogP contribution in [0.4, 0.5) is 5.69 Å². The minimum Gasteiger partial charge on any atom is -0.384 e.